The molecular weight excluding hydrogens is 352 g/mol. The number of aliphatic hydroxyl groups excluding tert-OH is 1. The van der Waals surface area contributed by atoms with Gasteiger partial charge in [0.05, 0.1) is 6.61 Å². The van der Waals surface area contributed by atoms with Crippen molar-refractivity contribution in [3.63, 3.8) is 0 Å². The number of aliphatic carboxylic acids is 1. The molecule has 2 N–H and O–H groups in total. The molecule has 0 radical (unpaired) electrons. The number of ether oxygens (including phenoxy) is 1. The zero-order chi connectivity index (χ0) is 20.5. The van der Waals surface area contributed by atoms with E-state index in [1.807, 2.05) is 0 Å². The van der Waals surface area contributed by atoms with Crippen LogP contribution in [0.15, 0.2) is 24.3 Å². The zero-order valence-corrected chi connectivity index (χ0v) is 17.7. The molecule has 1 rings (SSSR count). The predicted molar refractivity (Wildman–Crippen MR) is 115 cm³/mol. The highest BCUT2D eigenvalue weighted by Gasteiger charge is 2.15. The molecule has 0 aromatic heterocycles. The predicted octanol–water partition coefficient (Wildman–Crippen LogP) is 6.66. The molecule has 1 atom stereocenters. The number of hydrogen-bond donors (Lipinski definition) is 2. The van der Waals surface area contributed by atoms with Gasteiger partial charge >= 0.3 is 5.97 Å². The van der Waals surface area contributed by atoms with Gasteiger partial charge in [0, 0.05) is 0 Å². The van der Waals surface area contributed by atoms with E-state index in [0.29, 0.717) is 12.2 Å². The first kappa shape index (κ1) is 24.5. The van der Waals surface area contributed by atoms with Gasteiger partial charge in [-0.25, -0.2) is 4.79 Å². The van der Waals surface area contributed by atoms with Crippen LogP contribution in [-0.2, 0) is 4.79 Å². The van der Waals surface area contributed by atoms with Gasteiger partial charge in [-0.3, -0.25) is 0 Å². The van der Waals surface area contributed by atoms with Gasteiger partial charge in [-0.05, 0) is 24.1 Å². The molecule has 0 saturated carbocycles. The largest absolute Gasteiger partial charge is 0.494 e. The first-order valence-electron chi connectivity index (χ1n) is 11.3. The molecule has 4 nitrogen and oxygen atoms in total. The maximum absolute atomic E-state index is 10.7. The van der Waals surface area contributed by atoms with E-state index in [2.05, 4.69) is 6.92 Å². The van der Waals surface area contributed by atoms with Crippen LogP contribution in [0.5, 0.6) is 5.75 Å². The Labute approximate surface area is 171 Å². The lowest BCUT2D eigenvalue weighted by atomic mass is 10.0. The average molecular weight is 393 g/mol. The van der Waals surface area contributed by atoms with Gasteiger partial charge in [0.2, 0.25) is 0 Å². The summed E-state index contributed by atoms with van der Waals surface area (Å²) >= 11 is 0. The molecule has 0 fully saturated rings. The van der Waals surface area contributed by atoms with E-state index in [1.54, 1.807) is 24.3 Å². The summed E-state index contributed by atoms with van der Waals surface area (Å²) in [5.41, 5.74) is 0.372. The van der Waals surface area contributed by atoms with E-state index in [0.717, 1.165) is 12.2 Å². The van der Waals surface area contributed by atoms with Crippen LogP contribution in [0.1, 0.15) is 108 Å². The minimum Gasteiger partial charge on any atom is -0.494 e. The number of benzene rings is 1. The highest BCUT2D eigenvalue weighted by Crippen LogP contribution is 2.18. The third kappa shape index (κ3) is 12.0. The monoisotopic (exact) mass is 392 g/mol. The van der Waals surface area contributed by atoms with Crippen LogP contribution in [0.3, 0.4) is 0 Å². The molecular formula is C24H40O4. The summed E-state index contributed by atoms with van der Waals surface area (Å²) in [6.45, 7) is 2.95. The van der Waals surface area contributed by atoms with Crippen molar-refractivity contribution >= 4 is 5.97 Å². The normalized spacial score (nSPS) is 12.1. The molecule has 0 aliphatic rings. The summed E-state index contributed by atoms with van der Waals surface area (Å²) in [5, 5.41) is 18.2. The minimum absolute atomic E-state index is 0.372. The van der Waals surface area contributed by atoms with Crippen molar-refractivity contribution < 1.29 is 19.7 Å². The van der Waals surface area contributed by atoms with Crippen LogP contribution >= 0.6 is 0 Å². The average Bonchev–Trinajstić information content (AvgIpc) is 2.70. The molecule has 0 amide bonds. The van der Waals surface area contributed by atoms with E-state index in [9.17, 15) is 9.90 Å². The molecule has 160 valence electrons. The number of carbonyl (C=O) groups is 1. The summed E-state index contributed by atoms with van der Waals surface area (Å²) in [4.78, 5) is 10.7. The molecule has 0 saturated heterocycles. The summed E-state index contributed by atoms with van der Waals surface area (Å²) in [5.74, 6) is -0.521. The quantitative estimate of drug-likeness (QED) is 0.274. The first-order chi connectivity index (χ1) is 13.6. The molecule has 0 aliphatic carbocycles. The second-order valence-electron chi connectivity index (χ2n) is 7.75. The second-order valence-corrected chi connectivity index (χ2v) is 7.75. The Morgan fingerprint density at radius 3 is 1.64 bits per heavy atom. The zero-order valence-electron chi connectivity index (χ0n) is 17.7. The number of carboxylic acids is 1. The maximum Gasteiger partial charge on any atom is 0.337 e. The Balaban J connectivity index is 1.89. The van der Waals surface area contributed by atoms with Crippen LogP contribution in [-0.4, -0.2) is 22.8 Å². The maximum atomic E-state index is 10.7. The number of hydrogen-bond acceptors (Lipinski definition) is 3. The van der Waals surface area contributed by atoms with Crippen molar-refractivity contribution in [2.45, 2.75) is 103 Å². The molecule has 4 heteroatoms. The summed E-state index contributed by atoms with van der Waals surface area (Å²) in [6, 6.07) is 6.62. The SMILES string of the molecule is CCCCCCCCCCCCCCCCOc1ccc(C(O)C(=O)O)cc1. The van der Waals surface area contributed by atoms with Crippen molar-refractivity contribution in [1.29, 1.82) is 0 Å². The van der Waals surface area contributed by atoms with Crippen molar-refractivity contribution in [2.75, 3.05) is 6.61 Å². The van der Waals surface area contributed by atoms with E-state index in [-0.39, 0.29) is 0 Å². The molecule has 1 aromatic rings. The lowest BCUT2D eigenvalue weighted by Gasteiger charge is -2.09. The second kappa shape index (κ2) is 16.4. The fraction of sp³-hybridized carbons (Fsp3) is 0.708. The van der Waals surface area contributed by atoms with Gasteiger partial charge in [0.1, 0.15) is 5.75 Å². The Bertz CT molecular complexity index is 498. The molecule has 1 unspecified atom stereocenters. The van der Waals surface area contributed by atoms with Crippen molar-refractivity contribution in [3.8, 4) is 5.75 Å². The standard InChI is InChI=1S/C24H40O4/c1-2-3-4-5-6-7-8-9-10-11-12-13-14-15-20-28-22-18-16-21(17-19-22)23(25)24(26)27/h16-19,23,25H,2-15,20H2,1H3,(H,26,27). The van der Waals surface area contributed by atoms with Crippen molar-refractivity contribution in [1.82, 2.24) is 0 Å². The molecule has 1 aromatic carbocycles. The van der Waals surface area contributed by atoms with E-state index in [4.69, 9.17) is 9.84 Å². The Morgan fingerprint density at radius 1 is 0.786 bits per heavy atom. The summed E-state index contributed by atoms with van der Waals surface area (Å²) < 4.78 is 5.68. The first-order valence-corrected chi connectivity index (χ1v) is 11.3. The lowest BCUT2D eigenvalue weighted by Crippen LogP contribution is -2.10. The lowest BCUT2D eigenvalue weighted by molar-refractivity contribution is -0.146. The van der Waals surface area contributed by atoms with Crippen LogP contribution in [0.2, 0.25) is 0 Å². The van der Waals surface area contributed by atoms with E-state index in [1.165, 1.54) is 83.5 Å². The van der Waals surface area contributed by atoms with Gasteiger partial charge in [0.15, 0.2) is 6.10 Å². The number of carboxylic acid groups (broad SMARTS) is 1. The molecule has 0 spiro atoms. The number of aliphatic hydroxyl groups is 1. The van der Waals surface area contributed by atoms with Gasteiger partial charge in [0.25, 0.3) is 0 Å². The van der Waals surface area contributed by atoms with Crippen LogP contribution in [0.25, 0.3) is 0 Å². The molecule has 0 aliphatic heterocycles. The number of unbranched alkanes of at least 4 members (excludes halogenated alkanes) is 13. The van der Waals surface area contributed by atoms with Crippen LogP contribution < -0.4 is 4.74 Å². The highest BCUT2D eigenvalue weighted by atomic mass is 16.5. The van der Waals surface area contributed by atoms with E-state index >= 15 is 0 Å². The van der Waals surface area contributed by atoms with Gasteiger partial charge in [-0.15, -0.1) is 0 Å². The van der Waals surface area contributed by atoms with E-state index < -0.39 is 12.1 Å². The smallest absolute Gasteiger partial charge is 0.337 e. The molecule has 28 heavy (non-hydrogen) atoms. The number of rotatable bonds is 18. The Hall–Kier alpha value is -1.55. The fourth-order valence-electron chi connectivity index (χ4n) is 3.38. The van der Waals surface area contributed by atoms with Crippen molar-refractivity contribution in [2.24, 2.45) is 0 Å². The van der Waals surface area contributed by atoms with Gasteiger partial charge < -0.3 is 14.9 Å². The third-order valence-electron chi connectivity index (χ3n) is 5.20. The van der Waals surface area contributed by atoms with Gasteiger partial charge in [-0.2, -0.15) is 0 Å². The highest BCUT2D eigenvalue weighted by molar-refractivity contribution is 5.74. The van der Waals surface area contributed by atoms with Crippen molar-refractivity contribution in [3.05, 3.63) is 29.8 Å². The molecule has 0 heterocycles. The van der Waals surface area contributed by atoms with Crippen LogP contribution in [0.4, 0.5) is 0 Å². The molecule has 0 bridgehead atoms. The third-order valence-corrected chi connectivity index (χ3v) is 5.20. The van der Waals surface area contributed by atoms with Crippen LogP contribution in [0, 0.1) is 0 Å². The fourth-order valence-corrected chi connectivity index (χ4v) is 3.38. The topological polar surface area (TPSA) is 66.8 Å². The van der Waals surface area contributed by atoms with Gasteiger partial charge in [-0.1, -0.05) is 103 Å². The summed E-state index contributed by atoms with van der Waals surface area (Å²) in [6.07, 6.45) is 17.3. The minimum atomic E-state index is -1.47. The summed E-state index contributed by atoms with van der Waals surface area (Å²) in [7, 11) is 0. The Morgan fingerprint density at radius 2 is 1.21 bits per heavy atom. The Kier molecular flexibility index (Phi) is 14.4.